The first kappa shape index (κ1) is 12.8. The van der Waals surface area contributed by atoms with E-state index in [4.69, 9.17) is 4.42 Å². The van der Waals surface area contributed by atoms with Crippen LogP contribution in [0.5, 0.6) is 0 Å². The molecule has 0 radical (unpaired) electrons. The highest BCUT2D eigenvalue weighted by Gasteiger charge is 2.22. The van der Waals surface area contributed by atoms with Crippen LogP contribution in [-0.4, -0.2) is 35.1 Å². The number of hydrogen-bond acceptors (Lipinski definition) is 5. The van der Waals surface area contributed by atoms with Gasteiger partial charge in [-0.05, 0) is 6.92 Å². The van der Waals surface area contributed by atoms with Gasteiger partial charge in [-0.15, -0.1) is 0 Å². The predicted octanol–water partition coefficient (Wildman–Crippen LogP) is 2.11. The third-order valence-electron chi connectivity index (χ3n) is 2.84. The lowest BCUT2D eigenvalue weighted by Gasteiger charge is -2.31. The molecular weight excluding hydrogens is 234 g/mol. The van der Waals surface area contributed by atoms with Crippen molar-refractivity contribution >= 4 is 17.8 Å². The molecule has 0 bridgehead atoms. The largest absolute Gasteiger partial charge is 0.432 e. The number of anilines is 1. The van der Waals surface area contributed by atoms with Gasteiger partial charge in [0, 0.05) is 36.7 Å². The number of nitrogens with zero attached hydrogens (tertiary/aromatic N) is 2. The van der Waals surface area contributed by atoms with E-state index >= 15 is 0 Å². The molecule has 0 spiro atoms. The van der Waals surface area contributed by atoms with E-state index in [1.807, 2.05) is 11.8 Å². The third kappa shape index (κ3) is 3.39. The molecule has 1 aliphatic heterocycles. The minimum Gasteiger partial charge on any atom is -0.432 e. The number of nitrogens with one attached hydrogen (secondary N) is 1. The van der Waals surface area contributed by atoms with Crippen LogP contribution < -0.4 is 10.2 Å². The van der Waals surface area contributed by atoms with Gasteiger partial charge in [-0.1, -0.05) is 13.8 Å². The van der Waals surface area contributed by atoms with Crippen molar-refractivity contribution in [1.82, 2.24) is 10.3 Å². The molecule has 2 rings (SSSR count). The molecule has 5 heteroatoms. The molecule has 1 aliphatic rings. The van der Waals surface area contributed by atoms with Gasteiger partial charge in [0.25, 0.3) is 6.01 Å². The number of rotatable bonds is 4. The molecule has 1 aromatic heterocycles. The third-order valence-corrected chi connectivity index (χ3v) is 4.03. The first-order valence-corrected chi connectivity index (χ1v) is 7.34. The number of oxazole rings is 1. The highest BCUT2D eigenvalue weighted by molar-refractivity contribution is 7.99. The molecule has 1 atom stereocenters. The lowest BCUT2D eigenvalue weighted by molar-refractivity contribution is 0.514. The van der Waals surface area contributed by atoms with E-state index in [0.717, 1.165) is 36.3 Å². The van der Waals surface area contributed by atoms with Crippen molar-refractivity contribution in [3.63, 3.8) is 0 Å². The van der Waals surface area contributed by atoms with Gasteiger partial charge in [-0.25, -0.2) is 0 Å². The van der Waals surface area contributed by atoms with Gasteiger partial charge in [-0.3, -0.25) is 0 Å². The van der Waals surface area contributed by atoms with E-state index in [9.17, 15) is 0 Å². The molecule has 96 valence electrons. The lowest BCUT2D eigenvalue weighted by Crippen LogP contribution is -2.40. The summed E-state index contributed by atoms with van der Waals surface area (Å²) >= 11 is 2.00. The van der Waals surface area contributed by atoms with Crippen LogP contribution in [0.3, 0.4) is 0 Å². The van der Waals surface area contributed by atoms with Gasteiger partial charge in [0.1, 0.15) is 6.26 Å². The second kappa shape index (κ2) is 5.78. The van der Waals surface area contributed by atoms with Crippen molar-refractivity contribution in [3.8, 4) is 0 Å². The SMILES string of the molecule is CC(C)NCc1coc(N2CCSCC2C)n1. The molecular formula is C12H21N3OS. The molecule has 1 fully saturated rings. The molecule has 0 amide bonds. The van der Waals surface area contributed by atoms with E-state index in [1.165, 1.54) is 0 Å². The Bertz CT molecular complexity index is 353. The van der Waals surface area contributed by atoms with Crippen LogP contribution in [0.1, 0.15) is 26.5 Å². The van der Waals surface area contributed by atoms with Crippen LogP contribution in [-0.2, 0) is 6.54 Å². The fourth-order valence-corrected chi connectivity index (χ4v) is 2.84. The minimum atomic E-state index is 0.473. The molecule has 1 unspecified atom stereocenters. The quantitative estimate of drug-likeness (QED) is 0.892. The monoisotopic (exact) mass is 255 g/mol. The zero-order valence-corrected chi connectivity index (χ0v) is 11.6. The first-order chi connectivity index (χ1) is 8.16. The van der Waals surface area contributed by atoms with Crippen LogP contribution in [0.25, 0.3) is 0 Å². The molecule has 1 saturated heterocycles. The van der Waals surface area contributed by atoms with Crippen LogP contribution in [0.15, 0.2) is 10.7 Å². The Balaban J connectivity index is 1.97. The first-order valence-electron chi connectivity index (χ1n) is 6.19. The minimum absolute atomic E-state index is 0.473. The van der Waals surface area contributed by atoms with Crippen LogP contribution in [0.2, 0.25) is 0 Å². The summed E-state index contributed by atoms with van der Waals surface area (Å²) in [4.78, 5) is 6.80. The Labute approximate surface area is 107 Å². The molecule has 0 aliphatic carbocycles. The molecule has 0 aromatic carbocycles. The fourth-order valence-electron chi connectivity index (χ4n) is 1.83. The number of thioether (sulfide) groups is 1. The molecule has 1 aromatic rings. The van der Waals surface area contributed by atoms with Crippen LogP contribution in [0, 0.1) is 0 Å². The van der Waals surface area contributed by atoms with Gasteiger partial charge < -0.3 is 14.6 Å². The van der Waals surface area contributed by atoms with Gasteiger partial charge in [0.05, 0.1) is 5.69 Å². The Kier molecular flexibility index (Phi) is 4.34. The number of hydrogen-bond donors (Lipinski definition) is 1. The topological polar surface area (TPSA) is 41.3 Å². The summed E-state index contributed by atoms with van der Waals surface area (Å²) in [5.74, 6) is 2.31. The van der Waals surface area contributed by atoms with E-state index in [2.05, 4.69) is 36.0 Å². The van der Waals surface area contributed by atoms with Gasteiger partial charge >= 0.3 is 0 Å². The van der Waals surface area contributed by atoms with Crippen LogP contribution in [0.4, 0.5) is 6.01 Å². The maximum absolute atomic E-state index is 5.57. The molecule has 2 heterocycles. The van der Waals surface area contributed by atoms with Crippen LogP contribution >= 0.6 is 11.8 Å². The zero-order valence-electron chi connectivity index (χ0n) is 10.8. The highest BCUT2D eigenvalue weighted by atomic mass is 32.2. The zero-order chi connectivity index (χ0) is 12.3. The summed E-state index contributed by atoms with van der Waals surface area (Å²) in [5, 5.41) is 3.34. The van der Waals surface area contributed by atoms with Crippen molar-refractivity contribution < 1.29 is 4.42 Å². The predicted molar refractivity (Wildman–Crippen MR) is 72.6 cm³/mol. The maximum Gasteiger partial charge on any atom is 0.297 e. The maximum atomic E-state index is 5.57. The summed E-state index contributed by atoms with van der Waals surface area (Å²) < 4.78 is 5.57. The fraction of sp³-hybridized carbons (Fsp3) is 0.750. The van der Waals surface area contributed by atoms with Gasteiger partial charge in [-0.2, -0.15) is 16.7 Å². The molecule has 0 saturated carbocycles. The average Bonchev–Trinajstić information content (AvgIpc) is 2.75. The summed E-state index contributed by atoms with van der Waals surface area (Å²) in [6, 6.07) is 1.76. The van der Waals surface area contributed by atoms with Gasteiger partial charge in [0.2, 0.25) is 0 Å². The van der Waals surface area contributed by atoms with E-state index in [1.54, 1.807) is 6.26 Å². The smallest absolute Gasteiger partial charge is 0.297 e. The Morgan fingerprint density at radius 1 is 1.65 bits per heavy atom. The van der Waals surface area contributed by atoms with Gasteiger partial charge in [0.15, 0.2) is 0 Å². The summed E-state index contributed by atoms with van der Waals surface area (Å²) in [6.45, 7) is 8.29. The van der Waals surface area contributed by atoms with Crippen molar-refractivity contribution in [2.75, 3.05) is 23.0 Å². The Hall–Kier alpha value is -0.680. The average molecular weight is 255 g/mol. The van der Waals surface area contributed by atoms with E-state index < -0.39 is 0 Å². The normalized spacial score (nSPS) is 21.2. The van der Waals surface area contributed by atoms with Crippen molar-refractivity contribution in [2.45, 2.75) is 39.4 Å². The Morgan fingerprint density at radius 3 is 3.18 bits per heavy atom. The number of aromatic nitrogens is 1. The standard InChI is InChI=1S/C12H21N3OS/c1-9(2)13-6-11-7-16-12(14-11)15-4-5-17-8-10(15)3/h7,9-10,13H,4-6,8H2,1-3H3. The van der Waals surface area contributed by atoms with E-state index in [0.29, 0.717) is 12.1 Å². The second-order valence-corrected chi connectivity index (χ2v) is 5.92. The molecule has 1 N–H and O–H groups in total. The molecule has 17 heavy (non-hydrogen) atoms. The summed E-state index contributed by atoms with van der Waals surface area (Å²) in [7, 11) is 0. The molecule has 4 nitrogen and oxygen atoms in total. The van der Waals surface area contributed by atoms with Crippen molar-refractivity contribution in [1.29, 1.82) is 0 Å². The van der Waals surface area contributed by atoms with Crippen molar-refractivity contribution in [2.24, 2.45) is 0 Å². The highest BCUT2D eigenvalue weighted by Crippen LogP contribution is 2.23. The summed E-state index contributed by atoms with van der Waals surface area (Å²) in [6.07, 6.45) is 1.76. The lowest BCUT2D eigenvalue weighted by atomic mass is 10.3. The summed E-state index contributed by atoms with van der Waals surface area (Å²) in [5.41, 5.74) is 0.985. The second-order valence-electron chi connectivity index (χ2n) is 4.77. The Morgan fingerprint density at radius 2 is 2.47 bits per heavy atom. The van der Waals surface area contributed by atoms with E-state index in [-0.39, 0.29) is 0 Å². The van der Waals surface area contributed by atoms with Crippen molar-refractivity contribution in [3.05, 3.63) is 12.0 Å².